The van der Waals surface area contributed by atoms with Crippen LogP contribution in [0.2, 0.25) is 0 Å². The highest BCUT2D eigenvalue weighted by atomic mass is 32.2. The van der Waals surface area contributed by atoms with Crippen LogP contribution in [0.25, 0.3) is 0 Å². The Hall–Kier alpha value is -4.10. The summed E-state index contributed by atoms with van der Waals surface area (Å²) in [6.45, 7) is 3.54. The number of sulfonamides is 1. The molecule has 3 aromatic rings. The first-order valence-electron chi connectivity index (χ1n) is 10.3. The SMILES string of the molecule is Cc1c(C#N)c(NC(=O)COC(=O)c2cccc(NS(C)(=O)=O)c2)n(Cc2ccccc2)c1C. The van der Waals surface area contributed by atoms with E-state index in [0.717, 1.165) is 23.1 Å². The average Bonchev–Trinajstić information content (AvgIpc) is 3.01. The van der Waals surface area contributed by atoms with Gasteiger partial charge in [0.2, 0.25) is 10.0 Å². The molecule has 0 atom stereocenters. The third-order valence-corrected chi connectivity index (χ3v) is 5.72. The van der Waals surface area contributed by atoms with Crippen LogP contribution in [0.5, 0.6) is 0 Å². The summed E-state index contributed by atoms with van der Waals surface area (Å²) in [6, 6.07) is 17.5. The maximum atomic E-state index is 12.6. The summed E-state index contributed by atoms with van der Waals surface area (Å²) in [5.41, 5.74) is 3.20. The highest BCUT2D eigenvalue weighted by Gasteiger charge is 2.20. The number of ether oxygens (including phenoxy) is 1. The summed E-state index contributed by atoms with van der Waals surface area (Å²) in [5, 5.41) is 12.3. The van der Waals surface area contributed by atoms with Crippen molar-refractivity contribution < 1.29 is 22.7 Å². The molecule has 0 radical (unpaired) electrons. The van der Waals surface area contributed by atoms with Crippen molar-refractivity contribution in [2.75, 3.05) is 22.9 Å². The van der Waals surface area contributed by atoms with Crippen LogP contribution in [-0.4, -0.2) is 37.7 Å². The molecule has 0 saturated heterocycles. The van der Waals surface area contributed by atoms with Gasteiger partial charge in [0.15, 0.2) is 6.61 Å². The Labute approximate surface area is 198 Å². The summed E-state index contributed by atoms with van der Waals surface area (Å²) < 4.78 is 32.0. The van der Waals surface area contributed by atoms with Gasteiger partial charge in [-0.05, 0) is 43.2 Å². The lowest BCUT2D eigenvalue weighted by Gasteiger charge is -2.13. The fraction of sp³-hybridized carbons (Fsp3) is 0.208. The Morgan fingerprint density at radius 3 is 2.44 bits per heavy atom. The molecule has 2 N–H and O–H groups in total. The predicted molar refractivity (Wildman–Crippen MR) is 128 cm³/mol. The summed E-state index contributed by atoms with van der Waals surface area (Å²) >= 11 is 0. The van der Waals surface area contributed by atoms with Gasteiger partial charge in [-0.15, -0.1) is 0 Å². The number of hydrogen-bond donors (Lipinski definition) is 2. The Balaban J connectivity index is 1.73. The maximum Gasteiger partial charge on any atom is 0.338 e. The van der Waals surface area contributed by atoms with Crippen LogP contribution >= 0.6 is 0 Å². The fourth-order valence-corrected chi connectivity index (χ4v) is 3.96. The summed E-state index contributed by atoms with van der Waals surface area (Å²) in [4.78, 5) is 25.0. The molecule has 0 spiro atoms. The number of nitriles is 1. The van der Waals surface area contributed by atoms with Crippen LogP contribution in [0.4, 0.5) is 11.5 Å². The van der Waals surface area contributed by atoms with Crippen molar-refractivity contribution in [3.63, 3.8) is 0 Å². The second-order valence-electron chi connectivity index (χ2n) is 7.70. The molecule has 0 aliphatic rings. The minimum absolute atomic E-state index is 0.0818. The molecular weight excluding hydrogens is 456 g/mol. The first-order valence-corrected chi connectivity index (χ1v) is 12.2. The maximum absolute atomic E-state index is 12.6. The van der Waals surface area contributed by atoms with Crippen molar-refractivity contribution in [3.05, 3.63) is 82.5 Å². The second-order valence-corrected chi connectivity index (χ2v) is 9.45. The van der Waals surface area contributed by atoms with E-state index in [2.05, 4.69) is 16.1 Å². The molecule has 2 aromatic carbocycles. The molecule has 1 heterocycles. The fourth-order valence-electron chi connectivity index (χ4n) is 3.40. The number of aromatic nitrogens is 1. The number of nitrogens with one attached hydrogen (secondary N) is 2. The molecule has 34 heavy (non-hydrogen) atoms. The molecule has 0 fully saturated rings. The van der Waals surface area contributed by atoms with Gasteiger partial charge in [-0.3, -0.25) is 9.52 Å². The highest BCUT2D eigenvalue weighted by molar-refractivity contribution is 7.92. The van der Waals surface area contributed by atoms with E-state index in [-0.39, 0.29) is 11.3 Å². The minimum atomic E-state index is -3.51. The van der Waals surface area contributed by atoms with Gasteiger partial charge in [0.1, 0.15) is 11.9 Å². The van der Waals surface area contributed by atoms with E-state index in [4.69, 9.17) is 4.74 Å². The van der Waals surface area contributed by atoms with Crippen LogP contribution in [-0.2, 0) is 26.1 Å². The van der Waals surface area contributed by atoms with E-state index in [1.54, 1.807) is 0 Å². The summed E-state index contributed by atoms with van der Waals surface area (Å²) in [5.74, 6) is -1.07. The zero-order valence-corrected chi connectivity index (χ0v) is 19.8. The van der Waals surface area contributed by atoms with E-state index < -0.39 is 28.5 Å². The van der Waals surface area contributed by atoms with Crippen LogP contribution < -0.4 is 10.0 Å². The number of carbonyl (C=O) groups excluding carboxylic acids is 2. The van der Waals surface area contributed by atoms with Crippen molar-refractivity contribution in [3.8, 4) is 6.07 Å². The monoisotopic (exact) mass is 480 g/mol. The van der Waals surface area contributed by atoms with Crippen molar-refractivity contribution in [2.24, 2.45) is 0 Å². The lowest BCUT2D eigenvalue weighted by atomic mass is 10.2. The molecule has 0 saturated carbocycles. The number of nitrogens with zero attached hydrogens (tertiary/aromatic N) is 2. The first-order chi connectivity index (χ1) is 16.1. The zero-order chi connectivity index (χ0) is 24.9. The number of esters is 1. The lowest BCUT2D eigenvalue weighted by molar-refractivity contribution is -0.119. The van der Waals surface area contributed by atoms with Gasteiger partial charge in [-0.1, -0.05) is 36.4 Å². The van der Waals surface area contributed by atoms with Crippen LogP contribution in [0.15, 0.2) is 54.6 Å². The quantitative estimate of drug-likeness (QED) is 0.476. The molecule has 0 unspecified atom stereocenters. The number of hydrogen-bond acceptors (Lipinski definition) is 6. The standard InChI is InChI=1S/C24H24N4O5S/c1-16-17(2)28(14-18-8-5-4-6-9-18)23(21(16)13-25)26-22(29)15-33-24(30)19-10-7-11-20(12-19)27-34(3,31)32/h4-12,27H,14-15H2,1-3H3,(H,26,29). The molecule has 3 rings (SSSR count). The Morgan fingerprint density at radius 2 is 1.79 bits per heavy atom. The van der Waals surface area contributed by atoms with E-state index in [1.807, 2.05) is 48.7 Å². The van der Waals surface area contributed by atoms with Crippen LogP contribution in [0.1, 0.15) is 32.7 Å². The van der Waals surface area contributed by atoms with Crippen molar-refractivity contribution >= 4 is 33.4 Å². The van der Waals surface area contributed by atoms with E-state index in [9.17, 15) is 23.3 Å². The Bertz CT molecular complexity index is 1370. The smallest absolute Gasteiger partial charge is 0.338 e. The van der Waals surface area contributed by atoms with E-state index in [0.29, 0.717) is 17.9 Å². The van der Waals surface area contributed by atoms with Gasteiger partial charge in [0.05, 0.1) is 17.4 Å². The largest absolute Gasteiger partial charge is 0.452 e. The Kier molecular flexibility index (Phi) is 7.38. The molecule has 1 amide bonds. The van der Waals surface area contributed by atoms with E-state index >= 15 is 0 Å². The van der Waals surface area contributed by atoms with Crippen LogP contribution in [0, 0.1) is 25.2 Å². The predicted octanol–water partition coefficient (Wildman–Crippen LogP) is 3.19. The van der Waals surface area contributed by atoms with E-state index in [1.165, 1.54) is 24.3 Å². The lowest BCUT2D eigenvalue weighted by Crippen LogP contribution is -2.23. The number of rotatable bonds is 8. The third kappa shape index (κ3) is 6.02. The number of amides is 1. The Morgan fingerprint density at radius 1 is 1.09 bits per heavy atom. The van der Waals surface area contributed by atoms with Gasteiger partial charge in [0.25, 0.3) is 5.91 Å². The van der Waals surface area contributed by atoms with Gasteiger partial charge in [-0.25, -0.2) is 13.2 Å². The summed E-state index contributed by atoms with van der Waals surface area (Å²) in [7, 11) is -3.51. The average molecular weight is 481 g/mol. The molecule has 176 valence electrons. The van der Waals surface area contributed by atoms with Gasteiger partial charge < -0.3 is 14.6 Å². The van der Waals surface area contributed by atoms with Crippen molar-refractivity contribution in [2.45, 2.75) is 20.4 Å². The molecule has 0 aliphatic carbocycles. The van der Waals surface area contributed by atoms with Crippen molar-refractivity contribution in [1.82, 2.24) is 4.57 Å². The van der Waals surface area contributed by atoms with Crippen molar-refractivity contribution in [1.29, 1.82) is 5.26 Å². The second kappa shape index (κ2) is 10.2. The number of anilines is 2. The number of benzene rings is 2. The number of carbonyl (C=O) groups is 2. The third-order valence-electron chi connectivity index (χ3n) is 5.12. The normalized spacial score (nSPS) is 10.9. The van der Waals surface area contributed by atoms with Gasteiger partial charge in [0, 0.05) is 17.9 Å². The minimum Gasteiger partial charge on any atom is -0.452 e. The van der Waals surface area contributed by atoms with Gasteiger partial charge >= 0.3 is 5.97 Å². The first kappa shape index (κ1) is 24.5. The highest BCUT2D eigenvalue weighted by Crippen LogP contribution is 2.27. The topological polar surface area (TPSA) is 130 Å². The molecule has 1 aromatic heterocycles. The molecule has 0 bridgehead atoms. The molecular formula is C24H24N4O5S. The van der Waals surface area contributed by atoms with Crippen LogP contribution in [0.3, 0.4) is 0 Å². The zero-order valence-electron chi connectivity index (χ0n) is 19.0. The molecule has 9 nitrogen and oxygen atoms in total. The summed E-state index contributed by atoms with van der Waals surface area (Å²) in [6.07, 6.45) is 0.995. The molecule has 10 heteroatoms. The molecule has 0 aliphatic heterocycles. The van der Waals surface area contributed by atoms with Gasteiger partial charge in [-0.2, -0.15) is 5.26 Å².